The number of phenolic OH excluding ortho intramolecular Hbond substituents is 1. The quantitative estimate of drug-likeness (QED) is 0.794. The second-order valence-corrected chi connectivity index (χ2v) is 3.77. The molecule has 0 unspecified atom stereocenters. The third-order valence-corrected chi connectivity index (χ3v) is 2.27. The first kappa shape index (κ1) is 12.5. The normalized spacial score (nSPS) is 11.9. The molecule has 1 aromatic carbocycles. The van der Waals surface area contributed by atoms with Crippen molar-refractivity contribution in [2.75, 3.05) is 0 Å². The van der Waals surface area contributed by atoms with Crippen molar-refractivity contribution in [3.05, 3.63) is 28.8 Å². The van der Waals surface area contributed by atoms with E-state index in [2.05, 4.69) is 0 Å². The number of carbonyl (C=O) groups is 1. The lowest BCUT2D eigenvalue weighted by molar-refractivity contribution is -0.138. The zero-order chi connectivity index (χ0) is 12.5. The molecule has 2 nitrogen and oxygen atoms in total. The Morgan fingerprint density at radius 3 is 2.25 bits per heavy atom. The summed E-state index contributed by atoms with van der Waals surface area (Å²) in [5.74, 6) is -0.791. The van der Waals surface area contributed by atoms with E-state index in [1.54, 1.807) is 13.8 Å². The van der Waals surface area contributed by atoms with Gasteiger partial charge in [-0.15, -0.1) is 0 Å². The number of carbonyl (C=O) groups excluding carboxylic acids is 1. The average molecular weight is 232 g/mol. The van der Waals surface area contributed by atoms with Crippen molar-refractivity contribution in [1.82, 2.24) is 0 Å². The van der Waals surface area contributed by atoms with E-state index < -0.39 is 23.1 Å². The molecule has 0 aromatic heterocycles. The molecule has 0 aliphatic carbocycles. The molecule has 88 valence electrons. The molecular formula is C11H11F3O2. The van der Waals surface area contributed by atoms with Gasteiger partial charge in [0.15, 0.2) is 6.29 Å². The van der Waals surface area contributed by atoms with Gasteiger partial charge in [0, 0.05) is 0 Å². The summed E-state index contributed by atoms with van der Waals surface area (Å²) in [6.45, 7) is 3.41. The number of hydrogen-bond acceptors (Lipinski definition) is 2. The molecule has 0 atom stereocenters. The lowest BCUT2D eigenvalue weighted by Gasteiger charge is -2.14. The first-order valence-electron chi connectivity index (χ1n) is 4.66. The van der Waals surface area contributed by atoms with Gasteiger partial charge in [-0.25, -0.2) is 0 Å². The summed E-state index contributed by atoms with van der Waals surface area (Å²) in [7, 11) is 0. The number of phenols is 1. The van der Waals surface area contributed by atoms with E-state index >= 15 is 0 Å². The van der Waals surface area contributed by atoms with E-state index in [4.69, 9.17) is 0 Å². The molecule has 0 bridgehead atoms. The molecule has 16 heavy (non-hydrogen) atoms. The Labute approximate surface area is 90.7 Å². The fourth-order valence-electron chi connectivity index (χ4n) is 1.35. The zero-order valence-corrected chi connectivity index (χ0v) is 8.80. The molecule has 1 rings (SSSR count). The Balaban J connectivity index is 3.49. The van der Waals surface area contributed by atoms with E-state index in [0.717, 1.165) is 6.07 Å². The number of benzene rings is 1. The molecule has 0 aliphatic rings. The highest BCUT2D eigenvalue weighted by molar-refractivity contribution is 5.82. The molecule has 1 aromatic rings. The Morgan fingerprint density at radius 1 is 1.31 bits per heavy atom. The van der Waals surface area contributed by atoms with Crippen LogP contribution >= 0.6 is 0 Å². The van der Waals surface area contributed by atoms with Gasteiger partial charge in [0.2, 0.25) is 0 Å². The molecule has 0 heterocycles. The molecule has 0 radical (unpaired) electrons. The number of alkyl halides is 3. The molecule has 0 fully saturated rings. The van der Waals surface area contributed by atoms with Crippen LogP contribution < -0.4 is 0 Å². The lowest BCUT2D eigenvalue weighted by atomic mass is 9.96. The van der Waals surface area contributed by atoms with Crippen molar-refractivity contribution in [1.29, 1.82) is 0 Å². The highest BCUT2D eigenvalue weighted by atomic mass is 19.4. The van der Waals surface area contributed by atoms with Gasteiger partial charge in [0.05, 0.1) is 11.1 Å². The third-order valence-electron chi connectivity index (χ3n) is 2.27. The summed E-state index contributed by atoms with van der Waals surface area (Å²) in [6, 6.07) is 2.08. The van der Waals surface area contributed by atoms with Crippen LogP contribution in [0.3, 0.4) is 0 Å². The molecule has 0 amide bonds. The van der Waals surface area contributed by atoms with Gasteiger partial charge < -0.3 is 5.11 Å². The minimum Gasteiger partial charge on any atom is -0.507 e. The summed E-state index contributed by atoms with van der Waals surface area (Å²) in [4.78, 5) is 10.5. The van der Waals surface area contributed by atoms with E-state index in [1.165, 1.54) is 6.07 Å². The van der Waals surface area contributed by atoms with E-state index in [0.29, 0.717) is 5.56 Å². The minimum absolute atomic E-state index is 0.0161. The highest BCUT2D eigenvalue weighted by Crippen LogP contribution is 2.37. The number of aromatic hydroxyl groups is 1. The summed E-state index contributed by atoms with van der Waals surface area (Å²) in [6.07, 6.45) is -4.62. The summed E-state index contributed by atoms with van der Waals surface area (Å²) < 4.78 is 37.8. The van der Waals surface area contributed by atoms with Crippen molar-refractivity contribution >= 4 is 6.29 Å². The van der Waals surface area contributed by atoms with Gasteiger partial charge in [0.25, 0.3) is 0 Å². The van der Waals surface area contributed by atoms with Crippen molar-refractivity contribution in [3.8, 4) is 5.75 Å². The maximum absolute atomic E-state index is 12.6. The largest absolute Gasteiger partial charge is 0.507 e. The van der Waals surface area contributed by atoms with Gasteiger partial charge >= 0.3 is 6.18 Å². The van der Waals surface area contributed by atoms with Gasteiger partial charge in [-0.3, -0.25) is 4.79 Å². The number of aldehydes is 1. The van der Waals surface area contributed by atoms with Crippen LogP contribution in [0.15, 0.2) is 12.1 Å². The first-order valence-corrected chi connectivity index (χ1v) is 4.66. The Kier molecular flexibility index (Phi) is 3.26. The number of rotatable bonds is 2. The molecule has 0 spiro atoms. The van der Waals surface area contributed by atoms with Crippen LogP contribution in [-0.2, 0) is 6.18 Å². The SMILES string of the molecule is CC(C)c1cc(O)c(C=O)c(C(F)(F)F)c1. The highest BCUT2D eigenvalue weighted by Gasteiger charge is 2.35. The molecule has 5 heteroatoms. The Hall–Kier alpha value is -1.52. The van der Waals surface area contributed by atoms with Crippen LogP contribution in [-0.4, -0.2) is 11.4 Å². The second-order valence-electron chi connectivity index (χ2n) is 3.77. The van der Waals surface area contributed by atoms with Gasteiger partial charge in [-0.1, -0.05) is 13.8 Å². The topological polar surface area (TPSA) is 37.3 Å². The van der Waals surface area contributed by atoms with Gasteiger partial charge in [0.1, 0.15) is 5.75 Å². The second kappa shape index (κ2) is 4.15. The zero-order valence-electron chi connectivity index (χ0n) is 8.80. The van der Waals surface area contributed by atoms with Crippen LogP contribution in [0.5, 0.6) is 5.75 Å². The standard InChI is InChI=1S/C11H11F3O2/c1-6(2)7-3-9(11(12,13)14)8(5-15)10(16)4-7/h3-6,16H,1-2H3. The summed E-state index contributed by atoms with van der Waals surface area (Å²) in [5, 5.41) is 9.35. The van der Waals surface area contributed by atoms with E-state index in [9.17, 15) is 23.1 Å². The number of hydrogen-bond donors (Lipinski definition) is 1. The van der Waals surface area contributed by atoms with Crippen molar-refractivity contribution in [2.24, 2.45) is 0 Å². The van der Waals surface area contributed by atoms with Crippen LogP contribution in [0.1, 0.15) is 41.3 Å². The minimum atomic E-state index is -4.64. The average Bonchev–Trinajstić information content (AvgIpc) is 2.14. The smallest absolute Gasteiger partial charge is 0.417 e. The predicted molar refractivity (Wildman–Crippen MR) is 52.6 cm³/mol. The molecule has 0 saturated heterocycles. The van der Waals surface area contributed by atoms with Gasteiger partial charge in [-0.05, 0) is 23.6 Å². The maximum atomic E-state index is 12.6. The summed E-state index contributed by atoms with van der Waals surface area (Å²) >= 11 is 0. The fourth-order valence-corrected chi connectivity index (χ4v) is 1.35. The van der Waals surface area contributed by atoms with Crippen molar-refractivity contribution < 1.29 is 23.1 Å². The van der Waals surface area contributed by atoms with Crippen LogP contribution in [0, 0.1) is 0 Å². The van der Waals surface area contributed by atoms with Crippen molar-refractivity contribution in [3.63, 3.8) is 0 Å². The van der Waals surface area contributed by atoms with Crippen LogP contribution in [0.25, 0.3) is 0 Å². The van der Waals surface area contributed by atoms with Crippen molar-refractivity contribution in [2.45, 2.75) is 25.9 Å². The molecule has 0 aliphatic heterocycles. The number of halogens is 3. The fraction of sp³-hybridized carbons (Fsp3) is 0.364. The first-order chi connectivity index (χ1) is 7.27. The molecule has 0 saturated carbocycles. The van der Waals surface area contributed by atoms with Crippen LogP contribution in [0.2, 0.25) is 0 Å². The van der Waals surface area contributed by atoms with E-state index in [1.807, 2.05) is 0 Å². The lowest BCUT2D eigenvalue weighted by Crippen LogP contribution is -2.10. The maximum Gasteiger partial charge on any atom is 0.417 e. The predicted octanol–water partition coefficient (Wildman–Crippen LogP) is 3.35. The van der Waals surface area contributed by atoms with Crippen LogP contribution in [0.4, 0.5) is 13.2 Å². The Morgan fingerprint density at radius 2 is 1.88 bits per heavy atom. The Bertz CT molecular complexity index is 408. The molecule has 1 N–H and O–H groups in total. The third kappa shape index (κ3) is 2.35. The summed E-state index contributed by atoms with van der Waals surface area (Å²) in [5.41, 5.74) is -1.46. The van der Waals surface area contributed by atoms with E-state index in [-0.39, 0.29) is 12.2 Å². The molecular weight excluding hydrogens is 221 g/mol. The van der Waals surface area contributed by atoms with Gasteiger partial charge in [-0.2, -0.15) is 13.2 Å². The monoisotopic (exact) mass is 232 g/mol.